The quantitative estimate of drug-likeness (QED) is 0.824. The van der Waals surface area contributed by atoms with E-state index in [0.29, 0.717) is 19.0 Å². The first kappa shape index (κ1) is 14.8. The third kappa shape index (κ3) is 3.71. The van der Waals surface area contributed by atoms with Crippen LogP contribution in [0.25, 0.3) is 0 Å². The molecule has 7 heteroatoms. The van der Waals surface area contributed by atoms with Crippen LogP contribution in [0, 0.1) is 6.92 Å². The van der Waals surface area contributed by atoms with Crippen molar-refractivity contribution in [1.29, 1.82) is 0 Å². The molecule has 0 aliphatic rings. The molecule has 0 atom stereocenters. The number of anilines is 1. The van der Waals surface area contributed by atoms with E-state index in [1.54, 1.807) is 11.8 Å². The van der Waals surface area contributed by atoms with Gasteiger partial charge in [0.1, 0.15) is 22.5 Å². The fourth-order valence-electron chi connectivity index (χ4n) is 1.70. The van der Waals surface area contributed by atoms with Gasteiger partial charge in [-0.1, -0.05) is 11.8 Å². The number of aryl methyl sites for hydroxylation is 2. The summed E-state index contributed by atoms with van der Waals surface area (Å²) >= 11 is 1.57. The molecule has 0 saturated carbocycles. The maximum absolute atomic E-state index is 5.37. The molecule has 2 rings (SSSR count). The Morgan fingerprint density at radius 1 is 1.35 bits per heavy atom. The van der Waals surface area contributed by atoms with Gasteiger partial charge in [-0.2, -0.15) is 5.10 Å². The van der Waals surface area contributed by atoms with Crippen LogP contribution in [0.1, 0.15) is 18.4 Å². The van der Waals surface area contributed by atoms with E-state index in [0.717, 1.165) is 21.6 Å². The van der Waals surface area contributed by atoms with E-state index in [2.05, 4.69) is 20.4 Å². The third-order valence-corrected chi connectivity index (χ3v) is 3.62. The van der Waals surface area contributed by atoms with E-state index in [4.69, 9.17) is 4.74 Å². The molecule has 0 bridgehead atoms. The van der Waals surface area contributed by atoms with Crippen LogP contribution in [0.3, 0.4) is 0 Å². The molecule has 0 aromatic carbocycles. The van der Waals surface area contributed by atoms with Gasteiger partial charge in [-0.15, -0.1) is 0 Å². The van der Waals surface area contributed by atoms with Crippen molar-refractivity contribution in [2.24, 2.45) is 7.05 Å². The minimum atomic E-state index is 0.421. The van der Waals surface area contributed by atoms with Crippen LogP contribution < -0.4 is 5.32 Å². The summed E-state index contributed by atoms with van der Waals surface area (Å²) in [5.41, 5.74) is 0.993. The molecule has 20 heavy (non-hydrogen) atoms. The largest absolute Gasteiger partial charge is 0.374 e. The number of rotatable bonds is 6. The zero-order valence-electron chi connectivity index (χ0n) is 12.2. The molecule has 108 valence electrons. The Bertz CT molecular complexity index is 584. The van der Waals surface area contributed by atoms with Crippen LogP contribution in [0.2, 0.25) is 0 Å². The minimum Gasteiger partial charge on any atom is -0.374 e. The highest BCUT2D eigenvalue weighted by Gasteiger charge is 2.09. The summed E-state index contributed by atoms with van der Waals surface area (Å²) in [7, 11) is 3.77. The normalized spacial score (nSPS) is 10.8. The Morgan fingerprint density at radius 2 is 2.15 bits per heavy atom. The van der Waals surface area contributed by atoms with Gasteiger partial charge < -0.3 is 10.1 Å². The van der Waals surface area contributed by atoms with Gasteiger partial charge in [-0.05, 0) is 19.9 Å². The first-order valence-electron chi connectivity index (χ1n) is 6.44. The molecule has 1 N–H and O–H groups in total. The average Bonchev–Trinajstić information content (AvgIpc) is 2.74. The fourth-order valence-corrected chi connectivity index (χ4v) is 2.64. The Kier molecular flexibility index (Phi) is 4.97. The number of hydrogen-bond donors (Lipinski definition) is 1. The molecule has 0 radical (unpaired) electrons. The van der Waals surface area contributed by atoms with Gasteiger partial charge in [0.05, 0.1) is 5.69 Å². The maximum Gasteiger partial charge on any atom is 0.157 e. The minimum absolute atomic E-state index is 0.421. The van der Waals surface area contributed by atoms with E-state index in [1.807, 2.05) is 44.8 Å². The zero-order valence-corrected chi connectivity index (χ0v) is 13.0. The molecule has 0 saturated heterocycles. The lowest BCUT2D eigenvalue weighted by Crippen LogP contribution is -2.03. The molecule has 2 heterocycles. The van der Waals surface area contributed by atoms with Crippen molar-refractivity contribution in [3.63, 3.8) is 0 Å². The smallest absolute Gasteiger partial charge is 0.157 e. The highest BCUT2D eigenvalue weighted by Crippen LogP contribution is 2.27. The van der Waals surface area contributed by atoms with Crippen molar-refractivity contribution in [1.82, 2.24) is 19.7 Å². The van der Waals surface area contributed by atoms with E-state index < -0.39 is 0 Å². The Hall–Kier alpha value is -1.60. The number of aromatic nitrogens is 4. The van der Waals surface area contributed by atoms with E-state index in [1.165, 1.54) is 0 Å². The first-order chi connectivity index (χ1) is 9.62. The van der Waals surface area contributed by atoms with Gasteiger partial charge in [0.2, 0.25) is 0 Å². The number of ether oxygens (including phenoxy) is 1. The lowest BCUT2D eigenvalue weighted by Gasteiger charge is -2.07. The standard InChI is InChI=1S/C13H19N5OS/c1-5-19-8-11-15-10(14-3)7-12(16-11)20-13-6-9(2)17-18(13)4/h6-7H,5,8H2,1-4H3,(H,14,15,16). The van der Waals surface area contributed by atoms with Gasteiger partial charge >= 0.3 is 0 Å². The molecule has 0 aliphatic heterocycles. The summed E-state index contributed by atoms with van der Waals surface area (Å²) < 4.78 is 7.22. The fraction of sp³-hybridized carbons (Fsp3) is 0.462. The predicted octanol–water partition coefficient (Wildman–Crippen LogP) is 2.25. The number of hydrogen-bond acceptors (Lipinski definition) is 6. The Balaban J connectivity index is 2.23. The van der Waals surface area contributed by atoms with Gasteiger partial charge in [-0.3, -0.25) is 4.68 Å². The van der Waals surface area contributed by atoms with Crippen LogP contribution in [-0.2, 0) is 18.4 Å². The van der Waals surface area contributed by atoms with Gasteiger partial charge in [0.25, 0.3) is 0 Å². The number of nitrogens with one attached hydrogen (secondary N) is 1. The van der Waals surface area contributed by atoms with Gasteiger partial charge in [0.15, 0.2) is 5.82 Å². The summed E-state index contributed by atoms with van der Waals surface area (Å²) in [6, 6.07) is 3.95. The highest BCUT2D eigenvalue weighted by atomic mass is 32.2. The predicted molar refractivity (Wildman–Crippen MR) is 79.0 cm³/mol. The van der Waals surface area contributed by atoms with Gasteiger partial charge in [0, 0.05) is 26.8 Å². The molecule has 0 aliphatic carbocycles. The SMILES string of the molecule is CCOCc1nc(NC)cc(Sc2cc(C)nn2C)n1. The first-order valence-corrected chi connectivity index (χ1v) is 7.26. The van der Waals surface area contributed by atoms with Crippen molar-refractivity contribution in [3.8, 4) is 0 Å². The molecular weight excluding hydrogens is 274 g/mol. The molecular formula is C13H19N5OS. The molecule has 2 aromatic rings. The molecule has 0 spiro atoms. The van der Waals surface area contributed by atoms with Gasteiger partial charge in [-0.25, -0.2) is 9.97 Å². The summed E-state index contributed by atoms with van der Waals surface area (Å²) in [4.78, 5) is 8.89. The van der Waals surface area contributed by atoms with Crippen molar-refractivity contribution in [2.75, 3.05) is 19.0 Å². The van der Waals surface area contributed by atoms with E-state index in [9.17, 15) is 0 Å². The summed E-state index contributed by atoms with van der Waals surface area (Å²) in [6.07, 6.45) is 0. The second-order valence-corrected chi connectivity index (χ2v) is 5.29. The monoisotopic (exact) mass is 293 g/mol. The second-order valence-electron chi connectivity index (χ2n) is 4.24. The Morgan fingerprint density at radius 3 is 2.75 bits per heavy atom. The second kappa shape index (κ2) is 6.71. The van der Waals surface area contributed by atoms with E-state index >= 15 is 0 Å². The summed E-state index contributed by atoms with van der Waals surface area (Å²) in [6.45, 7) is 5.00. The van der Waals surface area contributed by atoms with Crippen molar-refractivity contribution in [3.05, 3.63) is 23.7 Å². The Labute approximate surface area is 123 Å². The lowest BCUT2D eigenvalue weighted by molar-refractivity contribution is 0.128. The zero-order chi connectivity index (χ0) is 14.5. The lowest BCUT2D eigenvalue weighted by atomic mass is 10.5. The topological polar surface area (TPSA) is 64.9 Å². The van der Waals surface area contributed by atoms with E-state index in [-0.39, 0.29) is 0 Å². The molecule has 0 fully saturated rings. The molecule has 0 unspecified atom stereocenters. The average molecular weight is 293 g/mol. The van der Waals surface area contributed by atoms with Crippen LogP contribution in [0.5, 0.6) is 0 Å². The van der Waals surface area contributed by atoms with Crippen molar-refractivity contribution >= 4 is 17.6 Å². The molecule has 0 amide bonds. The summed E-state index contributed by atoms with van der Waals surface area (Å²) in [5, 5.41) is 9.31. The van der Waals surface area contributed by atoms with Crippen LogP contribution in [0.15, 0.2) is 22.2 Å². The van der Waals surface area contributed by atoms with Crippen molar-refractivity contribution in [2.45, 2.75) is 30.5 Å². The molecule has 2 aromatic heterocycles. The summed E-state index contributed by atoms with van der Waals surface area (Å²) in [5.74, 6) is 1.47. The highest BCUT2D eigenvalue weighted by molar-refractivity contribution is 7.99. The van der Waals surface area contributed by atoms with Crippen molar-refractivity contribution < 1.29 is 4.74 Å². The van der Waals surface area contributed by atoms with Crippen LogP contribution in [-0.4, -0.2) is 33.4 Å². The number of nitrogens with zero attached hydrogens (tertiary/aromatic N) is 4. The van der Waals surface area contributed by atoms with Crippen LogP contribution in [0.4, 0.5) is 5.82 Å². The van der Waals surface area contributed by atoms with Crippen LogP contribution >= 0.6 is 11.8 Å². The molecule has 6 nitrogen and oxygen atoms in total. The maximum atomic E-state index is 5.37. The third-order valence-electron chi connectivity index (χ3n) is 2.61.